The van der Waals surface area contributed by atoms with Crippen LogP contribution >= 0.6 is 11.3 Å². The fourth-order valence-corrected chi connectivity index (χ4v) is 6.36. The predicted octanol–water partition coefficient (Wildman–Crippen LogP) is 4.39. The molecular formula is C31H37N3O3S. The van der Waals surface area contributed by atoms with E-state index in [9.17, 15) is 14.7 Å². The minimum absolute atomic E-state index is 0.0248. The number of carbonyl (C=O) groups excluding carboxylic acids is 2. The molecule has 0 bridgehead atoms. The van der Waals surface area contributed by atoms with Gasteiger partial charge in [0.25, 0.3) is 11.8 Å². The van der Waals surface area contributed by atoms with Gasteiger partial charge in [-0.2, -0.15) is 0 Å². The SMILES string of the molecule is CC(C)(C)c1ccc(C(=O)N2CCc3sc(C(=O)NCC(O)CN4CCc5ccccc5C4)cc3C2)cc1. The second-order valence-electron chi connectivity index (χ2n) is 11.5. The molecule has 1 aromatic heterocycles. The summed E-state index contributed by atoms with van der Waals surface area (Å²) in [5, 5.41) is 13.5. The van der Waals surface area contributed by atoms with Gasteiger partial charge in [0.05, 0.1) is 11.0 Å². The average Bonchev–Trinajstić information content (AvgIpc) is 3.34. The maximum atomic E-state index is 13.1. The number of rotatable bonds is 6. The van der Waals surface area contributed by atoms with Gasteiger partial charge in [0.15, 0.2) is 0 Å². The molecule has 2 aromatic carbocycles. The lowest BCUT2D eigenvalue weighted by atomic mass is 9.86. The second kappa shape index (κ2) is 11.0. The smallest absolute Gasteiger partial charge is 0.261 e. The number of aliphatic hydroxyl groups is 1. The minimum atomic E-state index is -0.628. The van der Waals surface area contributed by atoms with Crippen LogP contribution in [-0.2, 0) is 31.3 Å². The zero-order chi connectivity index (χ0) is 26.9. The van der Waals surface area contributed by atoms with Crippen LogP contribution in [0.1, 0.15) is 67.9 Å². The van der Waals surface area contributed by atoms with Gasteiger partial charge in [-0.3, -0.25) is 14.5 Å². The number of hydrogen-bond donors (Lipinski definition) is 2. The van der Waals surface area contributed by atoms with E-state index in [4.69, 9.17) is 0 Å². The Morgan fingerprint density at radius 3 is 2.45 bits per heavy atom. The van der Waals surface area contributed by atoms with Crippen LogP contribution in [0.15, 0.2) is 54.6 Å². The van der Waals surface area contributed by atoms with E-state index >= 15 is 0 Å². The standard InChI is InChI=1S/C31H37N3O3S/c1-31(2,3)25-10-8-22(9-11-25)30(37)34-15-13-27-24(19-34)16-28(38-27)29(36)32-17-26(35)20-33-14-12-21-6-4-5-7-23(21)18-33/h4-11,16,26,35H,12-15,17-20H2,1-3H3,(H,32,36). The molecule has 38 heavy (non-hydrogen) atoms. The minimum Gasteiger partial charge on any atom is -0.390 e. The van der Waals surface area contributed by atoms with Gasteiger partial charge in [0, 0.05) is 49.7 Å². The first-order valence-electron chi connectivity index (χ1n) is 13.4. The van der Waals surface area contributed by atoms with Crippen molar-refractivity contribution >= 4 is 23.2 Å². The molecule has 2 amide bonds. The van der Waals surface area contributed by atoms with Crippen molar-refractivity contribution in [3.8, 4) is 0 Å². The summed E-state index contributed by atoms with van der Waals surface area (Å²) in [4.78, 5) is 31.9. The van der Waals surface area contributed by atoms with Crippen LogP contribution < -0.4 is 5.32 Å². The molecule has 3 heterocycles. The zero-order valence-corrected chi connectivity index (χ0v) is 23.3. The van der Waals surface area contributed by atoms with Crippen molar-refractivity contribution < 1.29 is 14.7 Å². The number of benzene rings is 2. The van der Waals surface area contributed by atoms with Gasteiger partial charge >= 0.3 is 0 Å². The molecule has 0 fully saturated rings. The maximum Gasteiger partial charge on any atom is 0.261 e. The van der Waals surface area contributed by atoms with E-state index in [1.807, 2.05) is 35.2 Å². The fraction of sp³-hybridized carbons (Fsp3) is 0.419. The van der Waals surface area contributed by atoms with Gasteiger partial charge in [-0.05, 0) is 58.7 Å². The first-order chi connectivity index (χ1) is 18.2. The van der Waals surface area contributed by atoms with Crippen LogP contribution in [0, 0.1) is 0 Å². The quantitative estimate of drug-likeness (QED) is 0.495. The van der Waals surface area contributed by atoms with Crippen LogP contribution in [0.4, 0.5) is 0 Å². The number of aliphatic hydroxyl groups excluding tert-OH is 1. The first-order valence-corrected chi connectivity index (χ1v) is 14.3. The number of nitrogens with zero attached hydrogens (tertiary/aromatic N) is 2. The van der Waals surface area contributed by atoms with Crippen LogP contribution in [0.3, 0.4) is 0 Å². The molecule has 200 valence electrons. The fourth-order valence-electron chi connectivity index (χ4n) is 5.28. The summed E-state index contributed by atoms with van der Waals surface area (Å²) in [6, 6.07) is 18.3. The van der Waals surface area contributed by atoms with E-state index in [1.165, 1.54) is 28.0 Å². The summed E-state index contributed by atoms with van der Waals surface area (Å²) in [5.74, 6) is -0.139. The molecule has 1 unspecified atom stereocenters. The molecule has 2 aliphatic rings. The van der Waals surface area contributed by atoms with Gasteiger partial charge in [-0.15, -0.1) is 11.3 Å². The van der Waals surface area contributed by atoms with Crippen LogP contribution in [-0.4, -0.2) is 59.0 Å². The summed E-state index contributed by atoms with van der Waals surface area (Å²) >= 11 is 1.50. The topological polar surface area (TPSA) is 72.9 Å². The Morgan fingerprint density at radius 1 is 0.974 bits per heavy atom. The van der Waals surface area contributed by atoms with Gasteiger partial charge < -0.3 is 15.3 Å². The van der Waals surface area contributed by atoms with Crippen molar-refractivity contribution in [2.45, 2.75) is 58.2 Å². The summed E-state index contributed by atoms with van der Waals surface area (Å²) in [7, 11) is 0. The number of β-amino-alcohol motifs (C(OH)–C–C–N with tert-alkyl or cyclic N) is 1. The molecule has 1 atom stereocenters. The van der Waals surface area contributed by atoms with Gasteiger partial charge in [-0.1, -0.05) is 57.2 Å². The predicted molar refractivity (Wildman–Crippen MR) is 152 cm³/mol. The molecule has 0 radical (unpaired) electrons. The Bertz CT molecular complexity index is 1310. The molecule has 0 saturated heterocycles. The third kappa shape index (κ3) is 6.01. The largest absolute Gasteiger partial charge is 0.390 e. The van der Waals surface area contributed by atoms with Crippen molar-refractivity contribution in [1.29, 1.82) is 0 Å². The van der Waals surface area contributed by atoms with Gasteiger partial charge in [0.1, 0.15) is 0 Å². The molecular weight excluding hydrogens is 494 g/mol. The van der Waals surface area contributed by atoms with Crippen molar-refractivity contribution in [3.63, 3.8) is 0 Å². The first kappa shape index (κ1) is 26.6. The Morgan fingerprint density at radius 2 is 1.71 bits per heavy atom. The van der Waals surface area contributed by atoms with Crippen LogP contribution in [0.2, 0.25) is 0 Å². The summed E-state index contributed by atoms with van der Waals surface area (Å²) < 4.78 is 0. The van der Waals surface area contributed by atoms with Crippen LogP contribution in [0.5, 0.6) is 0 Å². The molecule has 6 nitrogen and oxygen atoms in total. The Labute approximate surface area is 229 Å². The number of carbonyl (C=O) groups is 2. The zero-order valence-electron chi connectivity index (χ0n) is 22.5. The van der Waals surface area contributed by atoms with Gasteiger partial charge in [0.2, 0.25) is 0 Å². The average molecular weight is 532 g/mol. The maximum absolute atomic E-state index is 13.1. The number of fused-ring (bicyclic) bond motifs is 2. The Balaban J connectivity index is 1.13. The molecule has 2 N–H and O–H groups in total. The third-order valence-electron chi connectivity index (χ3n) is 7.55. The molecule has 3 aromatic rings. The normalized spacial score (nSPS) is 16.5. The van der Waals surface area contributed by atoms with E-state index in [-0.39, 0.29) is 23.8 Å². The summed E-state index contributed by atoms with van der Waals surface area (Å²) in [5.41, 5.74) is 5.68. The van der Waals surface area contributed by atoms with Crippen LogP contribution in [0.25, 0.3) is 0 Å². The second-order valence-corrected chi connectivity index (χ2v) is 12.6. The number of amides is 2. The van der Waals surface area contributed by atoms with E-state index < -0.39 is 6.10 Å². The lowest BCUT2D eigenvalue weighted by molar-refractivity contribution is 0.0735. The Kier molecular flexibility index (Phi) is 7.70. The summed E-state index contributed by atoms with van der Waals surface area (Å²) in [6.07, 6.45) is 1.10. The number of thiophene rings is 1. The van der Waals surface area contributed by atoms with Crippen molar-refractivity contribution in [3.05, 3.63) is 92.2 Å². The van der Waals surface area contributed by atoms with E-state index in [1.54, 1.807) is 0 Å². The van der Waals surface area contributed by atoms with Gasteiger partial charge in [-0.25, -0.2) is 0 Å². The molecule has 2 aliphatic heterocycles. The van der Waals surface area contributed by atoms with E-state index in [0.717, 1.165) is 36.4 Å². The highest BCUT2D eigenvalue weighted by atomic mass is 32.1. The highest BCUT2D eigenvalue weighted by Crippen LogP contribution is 2.29. The lowest BCUT2D eigenvalue weighted by Gasteiger charge is -2.30. The monoisotopic (exact) mass is 531 g/mol. The molecule has 7 heteroatoms. The molecule has 5 rings (SSSR count). The summed E-state index contributed by atoms with van der Waals surface area (Å²) in [6.45, 7) is 10.1. The van der Waals surface area contributed by atoms with Crippen molar-refractivity contribution in [2.24, 2.45) is 0 Å². The highest BCUT2D eigenvalue weighted by Gasteiger charge is 2.26. The molecule has 0 spiro atoms. The number of nitrogens with one attached hydrogen (secondary N) is 1. The molecule has 0 aliphatic carbocycles. The number of hydrogen-bond acceptors (Lipinski definition) is 5. The highest BCUT2D eigenvalue weighted by molar-refractivity contribution is 7.14. The molecule has 0 saturated carbocycles. The van der Waals surface area contributed by atoms with E-state index in [2.05, 4.69) is 55.3 Å². The van der Waals surface area contributed by atoms with Crippen molar-refractivity contribution in [2.75, 3.05) is 26.2 Å². The Hall–Kier alpha value is -3.00. The van der Waals surface area contributed by atoms with E-state index in [0.29, 0.717) is 30.1 Å². The third-order valence-corrected chi connectivity index (χ3v) is 8.79. The lowest BCUT2D eigenvalue weighted by Crippen LogP contribution is -2.41. The van der Waals surface area contributed by atoms with Crippen molar-refractivity contribution in [1.82, 2.24) is 15.1 Å².